The zero-order valence-electron chi connectivity index (χ0n) is 24.8. The van der Waals surface area contributed by atoms with E-state index in [1.165, 1.54) is 32.8 Å². The molecule has 0 amide bonds. The molecule has 2 heterocycles. The zero-order chi connectivity index (χ0) is 30.2. The van der Waals surface area contributed by atoms with Gasteiger partial charge in [-0.1, -0.05) is 146 Å². The number of hydrogen-bond acceptors (Lipinski definition) is 2. The fraction of sp³-hybridized carbons (Fsp3) is 0. The van der Waals surface area contributed by atoms with Crippen LogP contribution in [0.4, 0.5) is 0 Å². The highest BCUT2D eigenvalue weighted by molar-refractivity contribution is 6.28. The van der Waals surface area contributed by atoms with E-state index in [4.69, 9.17) is 8.83 Å². The Morgan fingerprint density at radius 3 is 1.63 bits per heavy atom. The highest BCUT2D eigenvalue weighted by Gasteiger charge is 2.24. The van der Waals surface area contributed by atoms with E-state index in [1.54, 1.807) is 0 Å². The molecule has 0 atom stereocenters. The van der Waals surface area contributed by atoms with E-state index in [1.807, 2.05) is 18.2 Å². The molecule has 0 spiro atoms. The lowest BCUT2D eigenvalue weighted by Gasteiger charge is -2.15. The second kappa shape index (κ2) is 9.69. The minimum Gasteiger partial charge on any atom is -0.455 e. The summed E-state index contributed by atoms with van der Waals surface area (Å²) in [7, 11) is 0. The summed E-state index contributed by atoms with van der Waals surface area (Å²) in [6, 6.07) is 55.9. The van der Waals surface area contributed by atoms with E-state index in [2.05, 4.69) is 140 Å². The number of furan rings is 2. The van der Waals surface area contributed by atoms with Crippen LogP contribution in [0.15, 0.2) is 167 Å². The summed E-state index contributed by atoms with van der Waals surface area (Å²) in [6.07, 6.45) is 0. The first-order valence-electron chi connectivity index (χ1n) is 15.7. The van der Waals surface area contributed by atoms with Crippen LogP contribution in [0, 0.1) is 0 Å². The molecular weight excluding hydrogens is 560 g/mol. The van der Waals surface area contributed by atoms with Gasteiger partial charge in [-0.2, -0.15) is 0 Å². The lowest BCUT2D eigenvalue weighted by molar-refractivity contribution is 0.665. The number of rotatable bonds is 3. The summed E-state index contributed by atoms with van der Waals surface area (Å²) in [5.41, 5.74) is 10.4. The molecule has 214 valence electrons. The minimum absolute atomic E-state index is 0.875. The Labute approximate surface area is 264 Å². The second-order valence-electron chi connectivity index (χ2n) is 12.0. The molecule has 0 bridgehead atoms. The molecule has 0 aliphatic carbocycles. The van der Waals surface area contributed by atoms with E-state index >= 15 is 0 Å². The first-order valence-corrected chi connectivity index (χ1v) is 15.7. The van der Waals surface area contributed by atoms with Gasteiger partial charge in [0.25, 0.3) is 0 Å². The van der Waals surface area contributed by atoms with Crippen molar-refractivity contribution >= 4 is 65.4 Å². The molecule has 0 aliphatic heterocycles. The number of hydrogen-bond donors (Lipinski definition) is 0. The lowest BCUT2D eigenvalue weighted by atomic mass is 9.87. The van der Waals surface area contributed by atoms with Crippen LogP contribution in [0.2, 0.25) is 0 Å². The topological polar surface area (TPSA) is 26.3 Å². The average molecular weight is 587 g/mol. The van der Waals surface area contributed by atoms with Gasteiger partial charge in [-0.15, -0.1) is 0 Å². The average Bonchev–Trinajstić information content (AvgIpc) is 3.69. The maximum atomic E-state index is 6.83. The molecule has 2 heteroatoms. The van der Waals surface area contributed by atoms with E-state index < -0.39 is 0 Å². The van der Waals surface area contributed by atoms with Crippen LogP contribution in [0.5, 0.6) is 0 Å². The third-order valence-corrected chi connectivity index (χ3v) is 9.49. The Bertz CT molecular complexity index is 2790. The molecule has 10 aromatic rings. The van der Waals surface area contributed by atoms with Gasteiger partial charge >= 0.3 is 0 Å². The monoisotopic (exact) mass is 586 g/mol. The maximum absolute atomic E-state index is 6.83. The van der Waals surface area contributed by atoms with Crippen molar-refractivity contribution in [3.8, 4) is 33.4 Å². The van der Waals surface area contributed by atoms with Crippen LogP contribution in [0.25, 0.3) is 98.8 Å². The Kier molecular flexibility index (Phi) is 5.31. The highest BCUT2D eigenvalue weighted by Crippen LogP contribution is 2.49. The molecule has 2 nitrogen and oxygen atoms in total. The first kappa shape index (κ1) is 25.2. The Morgan fingerprint density at radius 1 is 0.304 bits per heavy atom. The molecule has 0 unspecified atom stereocenters. The van der Waals surface area contributed by atoms with E-state index in [0.29, 0.717) is 0 Å². The summed E-state index contributed by atoms with van der Waals surface area (Å²) >= 11 is 0. The molecule has 0 saturated carbocycles. The predicted octanol–water partition coefficient (Wildman–Crippen LogP) is 12.8. The fourth-order valence-electron chi connectivity index (χ4n) is 7.45. The molecule has 0 N–H and O–H groups in total. The van der Waals surface area contributed by atoms with Gasteiger partial charge in [-0.25, -0.2) is 0 Å². The standard InChI is InChI=1S/C44H26O2/c1-2-13-30-27(11-1)12-9-18-31(30)28-23-25-29(26-24-28)40-33-15-3-4-16-34(33)41(44-42(40)36-17-6-8-22-39(36)46-44)37-20-10-19-35-32-14-5-7-21-38(32)45-43(35)37/h1-26H. The maximum Gasteiger partial charge on any atom is 0.144 e. The van der Waals surface area contributed by atoms with Crippen molar-refractivity contribution in [3.05, 3.63) is 158 Å². The predicted molar refractivity (Wildman–Crippen MR) is 192 cm³/mol. The third kappa shape index (κ3) is 3.59. The molecule has 0 radical (unpaired) electrons. The quantitative estimate of drug-likeness (QED) is 0.206. The van der Waals surface area contributed by atoms with Gasteiger partial charge in [0.05, 0.1) is 0 Å². The molecular formula is C44H26O2. The molecule has 0 aliphatic rings. The van der Waals surface area contributed by atoms with Crippen LogP contribution in [-0.4, -0.2) is 0 Å². The van der Waals surface area contributed by atoms with Crippen LogP contribution >= 0.6 is 0 Å². The Morgan fingerprint density at radius 2 is 0.826 bits per heavy atom. The number of fused-ring (bicyclic) bond motifs is 8. The van der Waals surface area contributed by atoms with Crippen LogP contribution in [-0.2, 0) is 0 Å². The molecule has 10 rings (SSSR count). The number of para-hydroxylation sites is 3. The fourth-order valence-corrected chi connectivity index (χ4v) is 7.45. The van der Waals surface area contributed by atoms with Crippen LogP contribution in [0.1, 0.15) is 0 Å². The summed E-state index contributed by atoms with van der Waals surface area (Å²) in [5.74, 6) is 0. The summed E-state index contributed by atoms with van der Waals surface area (Å²) < 4.78 is 13.4. The van der Waals surface area contributed by atoms with Crippen molar-refractivity contribution in [1.29, 1.82) is 0 Å². The summed E-state index contributed by atoms with van der Waals surface area (Å²) in [4.78, 5) is 0. The van der Waals surface area contributed by atoms with E-state index in [-0.39, 0.29) is 0 Å². The third-order valence-electron chi connectivity index (χ3n) is 9.49. The Balaban J connectivity index is 1.29. The summed E-state index contributed by atoms with van der Waals surface area (Å²) in [6.45, 7) is 0. The van der Waals surface area contributed by atoms with Crippen molar-refractivity contribution in [2.45, 2.75) is 0 Å². The molecule has 46 heavy (non-hydrogen) atoms. The van der Waals surface area contributed by atoms with Gasteiger partial charge in [-0.05, 0) is 50.4 Å². The van der Waals surface area contributed by atoms with Crippen molar-refractivity contribution in [2.24, 2.45) is 0 Å². The van der Waals surface area contributed by atoms with Crippen LogP contribution < -0.4 is 0 Å². The lowest BCUT2D eigenvalue weighted by Crippen LogP contribution is -1.90. The van der Waals surface area contributed by atoms with Gasteiger partial charge in [0.2, 0.25) is 0 Å². The van der Waals surface area contributed by atoms with Crippen molar-refractivity contribution in [1.82, 2.24) is 0 Å². The minimum atomic E-state index is 0.875. The molecule has 0 fully saturated rings. The van der Waals surface area contributed by atoms with Gasteiger partial charge in [0.15, 0.2) is 0 Å². The van der Waals surface area contributed by atoms with Gasteiger partial charge in [-0.3, -0.25) is 0 Å². The molecule has 0 saturated heterocycles. The SMILES string of the molecule is c1ccc2c(-c3ccc(-c4c5ccccc5c(-c5cccc6c5oc5ccccc56)c5oc6ccccc6c45)cc3)cccc2c1. The molecule has 8 aromatic carbocycles. The van der Waals surface area contributed by atoms with Crippen molar-refractivity contribution < 1.29 is 8.83 Å². The van der Waals surface area contributed by atoms with Gasteiger partial charge in [0, 0.05) is 38.2 Å². The van der Waals surface area contributed by atoms with E-state index in [9.17, 15) is 0 Å². The summed E-state index contributed by atoms with van der Waals surface area (Å²) in [5, 5.41) is 9.27. The van der Waals surface area contributed by atoms with Crippen molar-refractivity contribution in [3.63, 3.8) is 0 Å². The smallest absolute Gasteiger partial charge is 0.144 e. The second-order valence-corrected chi connectivity index (χ2v) is 12.0. The first-order chi connectivity index (χ1) is 22.8. The normalized spacial score (nSPS) is 11.9. The Hall–Kier alpha value is -6.12. The van der Waals surface area contributed by atoms with Crippen molar-refractivity contribution in [2.75, 3.05) is 0 Å². The largest absolute Gasteiger partial charge is 0.455 e. The van der Waals surface area contributed by atoms with E-state index in [0.717, 1.165) is 66.0 Å². The van der Waals surface area contributed by atoms with Crippen LogP contribution in [0.3, 0.4) is 0 Å². The molecule has 2 aromatic heterocycles. The van der Waals surface area contributed by atoms with Gasteiger partial charge in [0.1, 0.15) is 22.3 Å². The highest BCUT2D eigenvalue weighted by atomic mass is 16.3. The zero-order valence-corrected chi connectivity index (χ0v) is 24.8. The number of benzene rings is 8. The van der Waals surface area contributed by atoms with Gasteiger partial charge < -0.3 is 8.83 Å².